The van der Waals surface area contributed by atoms with Crippen LogP contribution in [0.25, 0.3) is 0 Å². The summed E-state index contributed by atoms with van der Waals surface area (Å²) in [5.74, 6) is 0.0727. The molecule has 1 saturated heterocycles. The Morgan fingerprint density at radius 3 is 2.31 bits per heavy atom. The molecule has 0 unspecified atom stereocenters. The van der Waals surface area contributed by atoms with Gasteiger partial charge in [-0.25, -0.2) is 0 Å². The summed E-state index contributed by atoms with van der Waals surface area (Å²) in [4.78, 5) is 28.7. The molecule has 0 bridgehead atoms. The molecule has 0 aromatic heterocycles. The van der Waals surface area contributed by atoms with E-state index in [9.17, 15) is 14.7 Å². The highest BCUT2D eigenvalue weighted by Gasteiger charge is 2.24. The zero-order chi connectivity index (χ0) is 20.8. The Hall–Kier alpha value is -3.22. The number of phenolic OH excluding ortho intramolecular Hbond substituents is 1. The lowest BCUT2D eigenvalue weighted by molar-refractivity contribution is -0.133. The first-order chi connectivity index (χ1) is 14.0. The van der Waals surface area contributed by atoms with Crippen LogP contribution in [0.4, 0.5) is 17.1 Å². The smallest absolute Gasteiger partial charge is 0.224 e. The summed E-state index contributed by atoms with van der Waals surface area (Å²) in [6.45, 7) is 4.45. The van der Waals surface area contributed by atoms with Crippen LogP contribution in [0.3, 0.4) is 0 Å². The predicted octanol–water partition coefficient (Wildman–Crippen LogP) is 2.81. The summed E-state index contributed by atoms with van der Waals surface area (Å²) in [6.07, 6.45) is 0.332. The van der Waals surface area contributed by atoms with E-state index in [1.807, 2.05) is 43.3 Å². The van der Waals surface area contributed by atoms with E-state index in [2.05, 4.69) is 15.5 Å². The first kappa shape index (κ1) is 20.5. The summed E-state index contributed by atoms with van der Waals surface area (Å²) in [7, 11) is 1.80. The van der Waals surface area contributed by atoms with Crippen LogP contribution in [-0.2, 0) is 9.59 Å². The summed E-state index contributed by atoms with van der Waals surface area (Å²) in [5.41, 5.74) is 3.40. The lowest BCUT2D eigenvalue weighted by Gasteiger charge is -2.37. The molecule has 7 nitrogen and oxygen atoms in total. The van der Waals surface area contributed by atoms with E-state index < -0.39 is 0 Å². The van der Waals surface area contributed by atoms with Gasteiger partial charge in [0.15, 0.2) is 0 Å². The van der Waals surface area contributed by atoms with E-state index in [1.165, 1.54) is 0 Å². The number of carbonyl (C=O) groups excluding carboxylic acids is 2. The van der Waals surface area contributed by atoms with Crippen LogP contribution >= 0.6 is 0 Å². The number of phenols is 1. The summed E-state index contributed by atoms with van der Waals surface area (Å²) in [5, 5.41) is 16.0. The Kier molecular flexibility index (Phi) is 6.59. The largest absolute Gasteiger partial charge is 0.506 e. The Bertz CT molecular complexity index is 856. The number of piperazine rings is 1. The van der Waals surface area contributed by atoms with Crippen LogP contribution in [0.15, 0.2) is 42.5 Å². The molecule has 29 heavy (non-hydrogen) atoms. The Balaban J connectivity index is 1.48. The molecule has 1 heterocycles. The Morgan fingerprint density at radius 1 is 0.966 bits per heavy atom. The topological polar surface area (TPSA) is 84.9 Å². The predicted molar refractivity (Wildman–Crippen MR) is 115 cm³/mol. The van der Waals surface area contributed by atoms with Crippen molar-refractivity contribution in [2.24, 2.45) is 0 Å². The molecule has 3 rings (SSSR count). The van der Waals surface area contributed by atoms with Crippen LogP contribution in [0.1, 0.15) is 18.4 Å². The second-order valence-electron chi connectivity index (χ2n) is 7.15. The zero-order valence-electron chi connectivity index (χ0n) is 16.9. The van der Waals surface area contributed by atoms with Gasteiger partial charge >= 0.3 is 0 Å². The minimum Gasteiger partial charge on any atom is -0.506 e. The van der Waals surface area contributed by atoms with E-state index in [0.29, 0.717) is 31.9 Å². The highest BCUT2D eigenvalue weighted by Crippen LogP contribution is 2.31. The maximum absolute atomic E-state index is 12.5. The van der Waals surface area contributed by atoms with Crippen LogP contribution in [-0.4, -0.2) is 55.0 Å². The molecule has 2 aromatic rings. The van der Waals surface area contributed by atoms with E-state index in [-0.39, 0.29) is 30.4 Å². The number of carbonyl (C=O) groups is 2. The van der Waals surface area contributed by atoms with Crippen molar-refractivity contribution in [2.45, 2.75) is 19.8 Å². The molecular weight excluding hydrogens is 368 g/mol. The highest BCUT2D eigenvalue weighted by atomic mass is 16.3. The number of nitrogens with one attached hydrogen (secondary N) is 2. The minimum absolute atomic E-state index is 0.0179. The molecule has 7 heteroatoms. The molecule has 2 amide bonds. The molecule has 3 N–H and O–H groups in total. The SMILES string of the molecule is CNc1ccccc1NC(=O)CCC(=O)N1CCN(c2c(C)cccc2O)CC1. The number of aromatic hydroxyl groups is 1. The molecule has 0 spiro atoms. The van der Waals surface area contributed by atoms with Gasteiger partial charge in [0.1, 0.15) is 5.75 Å². The lowest BCUT2D eigenvalue weighted by Crippen LogP contribution is -2.49. The summed E-state index contributed by atoms with van der Waals surface area (Å²) < 4.78 is 0. The third-order valence-electron chi connectivity index (χ3n) is 5.20. The van der Waals surface area contributed by atoms with Gasteiger partial charge in [0.2, 0.25) is 11.8 Å². The van der Waals surface area contributed by atoms with E-state index in [1.54, 1.807) is 18.0 Å². The van der Waals surface area contributed by atoms with Crippen LogP contribution < -0.4 is 15.5 Å². The van der Waals surface area contributed by atoms with Gasteiger partial charge in [-0.15, -0.1) is 0 Å². The number of amides is 2. The number of anilines is 3. The fourth-order valence-electron chi connectivity index (χ4n) is 3.64. The monoisotopic (exact) mass is 396 g/mol. The number of hydrogen-bond donors (Lipinski definition) is 3. The van der Waals surface area contributed by atoms with Gasteiger partial charge in [-0.3, -0.25) is 9.59 Å². The van der Waals surface area contributed by atoms with Gasteiger partial charge in [0.05, 0.1) is 17.1 Å². The lowest BCUT2D eigenvalue weighted by atomic mass is 10.1. The third kappa shape index (κ3) is 4.99. The number of nitrogens with zero attached hydrogens (tertiary/aromatic N) is 2. The van der Waals surface area contributed by atoms with Gasteiger partial charge in [-0.1, -0.05) is 24.3 Å². The molecule has 0 aliphatic carbocycles. The number of aryl methyl sites for hydroxylation is 1. The summed E-state index contributed by atoms with van der Waals surface area (Å²) >= 11 is 0. The fourth-order valence-corrected chi connectivity index (χ4v) is 3.64. The van der Waals surface area contributed by atoms with Crippen molar-refractivity contribution >= 4 is 28.9 Å². The van der Waals surface area contributed by atoms with Gasteiger partial charge in [-0.05, 0) is 30.7 Å². The molecule has 2 aromatic carbocycles. The fraction of sp³-hybridized carbons (Fsp3) is 0.364. The molecule has 1 fully saturated rings. The van der Waals surface area contributed by atoms with Gasteiger partial charge < -0.3 is 25.5 Å². The number of para-hydroxylation sites is 3. The number of hydrogen-bond acceptors (Lipinski definition) is 5. The van der Waals surface area contributed by atoms with Gasteiger partial charge in [0.25, 0.3) is 0 Å². The van der Waals surface area contributed by atoms with Crippen molar-refractivity contribution in [3.8, 4) is 5.75 Å². The van der Waals surface area contributed by atoms with Crippen molar-refractivity contribution in [1.82, 2.24) is 4.90 Å². The maximum atomic E-state index is 12.5. The first-order valence-electron chi connectivity index (χ1n) is 9.87. The number of benzene rings is 2. The van der Waals surface area contributed by atoms with E-state index in [4.69, 9.17) is 0 Å². The van der Waals surface area contributed by atoms with Crippen molar-refractivity contribution in [1.29, 1.82) is 0 Å². The first-order valence-corrected chi connectivity index (χ1v) is 9.87. The van der Waals surface area contributed by atoms with Gasteiger partial charge in [0, 0.05) is 46.1 Å². The van der Waals surface area contributed by atoms with Crippen molar-refractivity contribution in [2.75, 3.05) is 48.8 Å². The van der Waals surface area contributed by atoms with E-state index >= 15 is 0 Å². The average molecular weight is 396 g/mol. The zero-order valence-corrected chi connectivity index (χ0v) is 16.9. The third-order valence-corrected chi connectivity index (χ3v) is 5.20. The Labute approximate surface area is 171 Å². The number of rotatable bonds is 6. The molecule has 154 valence electrons. The average Bonchev–Trinajstić information content (AvgIpc) is 2.73. The van der Waals surface area contributed by atoms with Crippen LogP contribution in [0, 0.1) is 6.92 Å². The second kappa shape index (κ2) is 9.32. The highest BCUT2D eigenvalue weighted by molar-refractivity contribution is 5.96. The molecule has 0 saturated carbocycles. The molecule has 1 aliphatic rings. The van der Waals surface area contributed by atoms with Crippen molar-refractivity contribution in [3.63, 3.8) is 0 Å². The quantitative estimate of drug-likeness (QED) is 0.699. The van der Waals surface area contributed by atoms with Crippen LogP contribution in [0.2, 0.25) is 0 Å². The van der Waals surface area contributed by atoms with Gasteiger partial charge in [-0.2, -0.15) is 0 Å². The Morgan fingerprint density at radius 2 is 1.66 bits per heavy atom. The normalized spacial score (nSPS) is 13.9. The van der Waals surface area contributed by atoms with Crippen molar-refractivity contribution < 1.29 is 14.7 Å². The standard InChI is InChI=1S/C22H28N4O3/c1-16-6-5-9-19(27)22(16)26-14-12-25(13-15-26)21(29)11-10-20(28)24-18-8-4-3-7-17(18)23-2/h3-9,23,27H,10-15H2,1-2H3,(H,24,28). The van der Waals surface area contributed by atoms with E-state index in [0.717, 1.165) is 16.9 Å². The van der Waals surface area contributed by atoms with Crippen LogP contribution in [0.5, 0.6) is 5.75 Å². The molecule has 0 radical (unpaired) electrons. The summed E-state index contributed by atoms with van der Waals surface area (Å²) in [6, 6.07) is 12.9. The molecule has 1 aliphatic heterocycles. The molecule has 0 atom stereocenters. The van der Waals surface area contributed by atoms with Crippen molar-refractivity contribution in [3.05, 3.63) is 48.0 Å². The minimum atomic E-state index is -0.176. The second-order valence-corrected chi connectivity index (χ2v) is 7.15. The molecular formula is C22H28N4O3. The maximum Gasteiger partial charge on any atom is 0.224 e.